The molecule has 1 N–H and O–H groups in total. The first-order chi connectivity index (χ1) is 14.8. The van der Waals surface area contributed by atoms with Crippen LogP contribution in [0.15, 0.2) is 36.5 Å². The van der Waals surface area contributed by atoms with Crippen LogP contribution < -0.4 is 0 Å². The molecule has 1 atom stereocenters. The van der Waals surface area contributed by atoms with Crippen LogP contribution in [0.4, 0.5) is 0 Å². The third kappa shape index (κ3) is 4.30. The lowest BCUT2D eigenvalue weighted by Gasteiger charge is -2.43. The van der Waals surface area contributed by atoms with Crippen LogP contribution in [0.25, 0.3) is 0 Å². The van der Waals surface area contributed by atoms with E-state index in [0.717, 1.165) is 65.1 Å². The quantitative estimate of drug-likeness (QED) is 0.847. The van der Waals surface area contributed by atoms with Crippen molar-refractivity contribution in [3.8, 4) is 0 Å². The number of rotatable bonds is 4. The van der Waals surface area contributed by atoms with Crippen molar-refractivity contribution in [2.45, 2.75) is 51.2 Å². The summed E-state index contributed by atoms with van der Waals surface area (Å²) in [5, 5.41) is 7.21. The highest BCUT2D eigenvalue weighted by Gasteiger charge is 2.34. The molecule has 0 bridgehead atoms. The number of carbonyl (C=O) groups excluding carboxylic acids is 1. The Morgan fingerprint density at radius 3 is 2.73 bits per heavy atom. The van der Waals surface area contributed by atoms with Crippen LogP contribution in [0, 0.1) is 5.92 Å². The summed E-state index contributed by atoms with van der Waals surface area (Å²) >= 11 is 0. The second-order valence-electron chi connectivity index (χ2n) is 9.21. The molecule has 6 heteroatoms. The van der Waals surface area contributed by atoms with Gasteiger partial charge in [0.2, 0.25) is 5.91 Å². The van der Waals surface area contributed by atoms with Crippen molar-refractivity contribution in [3.05, 3.63) is 53.3 Å². The molecule has 3 aliphatic rings. The first kappa shape index (κ1) is 19.8. The van der Waals surface area contributed by atoms with E-state index < -0.39 is 0 Å². The number of amides is 1. The molecule has 2 saturated heterocycles. The molecular formula is C24H33N5O. The molecule has 30 heavy (non-hydrogen) atoms. The SMILES string of the molecule is O=C([C@H]1CCCN(C2CCN(Cc3ccccc3)CC2)C1)N1CCc2[nH]ncc2C1. The smallest absolute Gasteiger partial charge is 0.227 e. The minimum Gasteiger partial charge on any atom is -0.338 e. The van der Waals surface area contributed by atoms with E-state index in [2.05, 4.69) is 55.2 Å². The van der Waals surface area contributed by atoms with Crippen molar-refractivity contribution in [3.63, 3.8) is 0 Å². The molecule has 5 rings (SSSR count). The van der Waals surface area contributed by atoms with Gasteiger partial charge in [0.1, 0.15) is 0 Å². The summed E-state index contributed by atoms with van der Waals surface area (Å²) in [4.78, 5) is 20.5. The van der Waals surface area contributed by atoms with Gasteiger partial charge in [-0.3, -0.25) is 19.7 Å². The normalized spacial score (nSPS) is 24.0. The third-order valence-electron chi connectivity index (χ3n) is 7.24. The Hall–Kier alpha value is -2.18. The van der Waals surface area contributed by atoms with Crippen molar-refractivity contribution in [2.75, 3.05) is 32.7 Å². The second-order valence-corrected chi connectivity index (χ2v) is 9.21. The monoisotopic (exact) mass is 407 g/mol. The number of benzene rings is 1. The van der Waals surface area contributed by atoms with Crippen molar-refractivity contribution in [2.24, 2.45) is 5.92 Å². The van der Waals surface area contributed by atoms with Crippen LogP contribution in [0.5, 0.6) is 0 Å². The maximum absolute atomic E-state index is 13.2. The second kappa shape index (κ2) is 8.90. The molecule has 0 unspecified atom stereocenters. The Morgan fingerprint density at radius 1 is 1.07 bits per heavy atom. The number of hydrogen-bond donors (Lipinski definition) is 1. The van der Waals surface area contributed by atoms with Crippen LogP contribution in [-0.2, 0) is 24.3 Å². The molecule has 0 radical (unpaired) electrons. The summed E-state index contributed by atoms with van der Waals surface area (Å²) in [5.41, 5.74) is 3.79. The number of fused-ring (bicyclic) bond motifs is 1. The number of carbonyl (C=O) groups is 1. The Bertz CT molecular complexity index is 842. The molecule has 6 nitrogen and oxygen atoms in total. The van der Waals surface area contributed by atoms with Gasteiger partial charge in [-0.2, -0.15) is 5.10 Å². The molecule has 2 aromatic rings. The number of nitrogens with one attached hydrogen (secondary N) is 1. The van der Waals surface area contributed by atoms with Gasteiger partial charge >= 0.3 is 0 Å². The van der Waals surface area contributed by atoms with Gasteiger partial charge in [0.05, 0.1) is 12.1 Å². The highest BCUT2D eigenvalue weighted by atomic mass is 16.2. The fourth-order valence-corrected chi connectivity index (χ4v) is 5.49. The first-order valence-corrected chi connectivity index (χ1v) is 11.6. The number of likely N-dealkylation sites (tertiary alicyclic amines) is 2. The summed E-state index contributed by atoms with van der Waals surface area (Å²) in [6, 6.07) is 11.4. The van der Waals surface area contributed by atoms with E-state index in [1.807, 2.05) is 6.20 Å². The predicted molar refractivity (Wildman–Crippen MR) is 117 cm³/mol. The van der Waals surface area contributed by atoms with Crippen LogP contribution >= 0.6 is 0 Å². The zero-order valence-electron chi connectivity index (χ0n) is 17.8. The molecule has 0 aliphatic carbocycles. The van der Waals surface area contributed by atoms with Crippen LogP contribution in [0.1, 0.15) is 42.5 Å². The van der Waals surface area contributed by atoms with E-state index >= 15 is 0 Å². The van der Waals surface area contributed by atoms with E-state index in [4.69, 9.17) is 0 Å². The lowest BCUT2D eigenvalue weighted by atomic mass is 9.92. The van der Waals surface area contributed by atoms with E-state index in [9.17, 15) is 4.79 Å². The summed E-state index contributed by atoms with van der Waals surface area (Å²) in [6.45, 7) is 7.01. The van der Waals surface area contributed by atoms with E-state index in [1.54, 1.807) is 0 Å². The van der Waals surface area contributed by atoms with Crippen molar-refractivity contribution >= 4 is 5.91 Å². The number of nitrogens with zero attached hydrogens (tertiary/aromatic N) is 4. The largest absolute Gasteiger partial charge is 0.338 e. The Balaban J connectivity index is 1.13. The fraction of sp³-hybridized carbons (Fsp3) is 0.583. The average Bonchev–Trinajstić information content (AvgIpc) is 3.28. The van der Waals surface area contributed by atoms with Crippen LogP contribution in [-0.4, -0.2) is 69.6 Å². The van der Waals surface area contributed by atoms with Gasteiger partial charge in [0.25, 0.3) is 0 Å². The maximum atomic E-state index is 13.2. The van der Waals surface area contributed by atoms with Gasteiger partial charge in [-0.05, 0) is 50.9 Å². The molecular weight excluding hydrogens is 374 g/mol. The third-order valence-corrected chi connectivity index (χ3v) is 7.24. The van der Waals surface area contributed by atoms with Gasteiger partial charge in [0, 0.05) is 49.9 Å². The molecule has 1 aromatic heterocycles. The highest BCUT2D eigenvalue weighted by molar-refractivity contribution is 5.79. The van der Waals surface area contributed by atoms with Gasteiger partial charge in [0.15, 0.2) is 0 Å². The highest BCUT2D eigenvalue weighted by Crippen LogP contribution is 2.27. The van der Waals surface area contributed by atoms with Crippen molar-refractivity contribution < 1.29 is 4.79 Å². The molecule has 0 saturated carbocycles. The van der Waals surface area contributed by atoms with Gasteiger partial charge < -0.3 is 4.90 Å². The number of H-pyrrole nitrogens is 1. The van der Waals surface area contributed by atoms with E-state index in [-0.39, 0.29) is 5.92 Å². The minimum absolute atomic E-state index is 0.162. The zero-order valence-corrected chi connectivity index (χ0v) is 17.8. The topological polar surface area (TPSA) is 55.5 Å². The first-order valence-electron chi connectivity index (χ1n) is 11.6. The van der Waals surface area contributed by atoms with Gasteiger partial charge in [-0.25, -0.2) is 0 Å². The number of hydrogen-bond acceptors (Lipinski definition) is 4. The van der Waals surface area contributed by atoms with Gasteiger partial charge in [-0.15, -0.1) is 0 Å². The molecule has 160 valence electrons. The summed E-state index contributed by atoms with van der Waals surface area (Å²) < 4.78 is 0. The van der Waals surface area contributed by atoms with Crippen molar-refractivity contribution in [1.82, 2.24) is 24.9 Å². The minimum atomic E-state index is 0.162. The Labute approximate surface area is 179 Å². The van der Waals surface area contributed by atoms with E-state index in [0.29, 0.717) is 11.9 Å². The number of aromatic amines is 1. The summed E-state index contributed by atoms with van der Waals surface area (Å²) in [7, 11) is 0. The molecule has 1 aromatic carbocycles. The lowest BCUT2D eigenvalue weighted by Crippen LogP contribution is -2.51. The predicted octanol–water partition coefficient (Wildman–Crippen LogP) is 2.67. The number of piperidine rings is 2. The zero-order chi connectivity index (χ0) is 20.3. The molecule has 1 amide bonds. The lowest BCUT2D eigenvalue weighted by molar-refractivity contribution is -0.138. The molecule has 0 spiro atoms. The maximum Gasteiger partial charge on any atom is 0.227 e. The van der Waals surface area contributed by atoms with Crippen LogP contribution in [0.3, 0.4) is 0 Å². The van der Waals surface area contributed by atoms with Crippen LogP contribution in [0.2, 0.25) is 0 Å². The molecule has 4 heterocycles. The van der Waals surface area contributed by atoms with E-state index in [1.165, 1.54) is 29.7 Å². The average molecular weight is 408 g/mol. The van der Waals surface area contributed by atoms with Gasteiger partial charge in [-0.1, -0.05) is 30.3 Å². The summed E-state index contributed by atoms with van der Waals surface area (Å²) in [6.07, 6.45) is 7.40. The summed E-state index contributed by atoms with van der Waals surface area (Å²) in [5.74, 6) is 0.516. The Kier molecular flexibility index (Phi) is 5.86. The Morgan fingerprint density at radius 2 is 1.90 bits per heavy atom. The number of aromatic nitrogens is 2. The standard InChI is InChI=1S/C24H33N5O/c30-24(29-14-10-23-21(18-29)15-25-26-23)20-7-4-11-28(17-20)22-8-12-27(13-9-22)16-19-5-2-1-3-6-19/h1-3,5-6,15,20,22H,4,7-14,16-18H2,(H,25,26)/t20-/m0/s1. The molecule has 2 fully saturated rings. The fourth-order valence-electron chi connectivity index (χ4n) is 5.49. The van der Waals surface area contributed by atoms with Crippen molar-refractivity contribution in [1.29, 1.82) is 0 Å². The molecule has 3 aliphatic heterocycles.